The number of fused-ring (bicyclic) bond motifs is 1. The lowest BCUT2D eigenvalue weighted by atomic mass is 10.1. The molecule has 2 rings (SSSR count). The van der Waals surface area contributed by atoms with Crippen LogP contribution >= 0.6 is 15.9 Å². The average Bonchev–Trinajstić information content (AvgIpc) is 2.58. The van der Waals surface area contributed by atoms with Crippen LogP contribution in [-0.4, -0.2) is 15.0 Å². The van der Waals surface area contributed by atoms with Crippen LogP contribution in [0.2, 0.25) is 0 Å². The number of pyridine rings is 1. The van der Waals surface area contributed by atoms with Gasteiger partial charge in [-0.05, 0) is 27.9 Å². The van der Waals surface area contributed by atoms with E-state index in [9.17, 15) is 0 Å². The van der Waals surface area contributed by atoms with Crippen molar-refractivity contribution in [2.24, 2.45) is 11.7 Å². The van der Waals surface area contributed by atoms with E-state index in [0.717, 1.165) is 15.8 Å². The van der Waals surface area contributed by atoms with E-state index in [2.05, 4.69) is 44.7 Å². The van der Waals surface area contributed by atoms with Crippen LogP contribution in [0.25, 0.3) is 11.2 Å². The Bertz CT molecular complexity index is 477. The van der Waals surface area contributed by atoms with Gasteiger partial charge in [-0.3, -0.25) is 0 Å². The first-order valence-corrected chi connectivity index (χ1v) is 5.64. The van der Waals surface area contributed by atoms with E-state index in [4.69, 9.17) is 5.73 Å². The van der Waals surface area contributed by atoms with E-state index in [1.807, 2.05) is 6.07 Å². The molecule has 0 amide bonds. The van der Waals surface area contributed by atoms with Gasteiger partial charge in [0.05, 0.1) is 11.6 Å². The predicted octanol–water partition coefficient (Wildman–Crippen LogP) is 2.38. The number of H-pyrrole nitrogens is 1. The largest absolute Gasteiger partial charge is 0.339 e. The van der Waals surface area contributed by atoms with E-state index < -0.39 is 0 Å². The normalized spacial score (nSPS) is 13.7. The third-order valence-electron chi connectivity index (χ3n) is 2.36. The van der Waals surface area contributed by atoms with Crippen molar-refractivity contribution in [1.29, 1.82) is 0 Å². The summed E-state index contributed by atoms with van der Waals surface area (Å²) in [6.07, 6.45) is 1.73. The minimum atomic E-state index is -0.0713. The molecule has 0 aliphatic rings. The fourth-order valence-electron chi connectivity index (χ4n) is 1.37. The lowest BCUT2D eigenvalue weighted by molar-refractivity contribution is 0.495. The molecule has 5 heteroatoms. The third-order valence-corrected chi connectivity index (χ3v) is 2.79. The summed E-state index contributed by atoms with van der Waals surface area (Å²) in [5.74, 6) is 1.15. The van der Waals surface area contributed by atoms with Crippen LogP contribution < -0.4 is 5.73 Å². The summed E-state index contributed by atoms with van der Waals surface area (Å²) in [7, 11) is 0. The summed E-state index contributed by atoms with van der Waals surface area (Å²) in [4.78, 5) is 11.7. The third kappa shape index (κ3) is 2.03. The molecule has 0 bridgehead atoms. The van der Waals surface area contributed by atoms with Crippen LogP contribution in [0.15, 0.2) is 16.7 Å². The van der Waals surface area contributed by atoms with Gasteiger partial charge in [0.2, 0.25) is 0 Å². The minimum Gasteiger partial charge on any atom is -0.339 e. The smallest absolute Gasteiger partial charge is 0.177 e. The van der Waals surface area contributed by atoms with E-state index in [1.54, 1.807) is 6.20 Å². The first-order valence-electron chi connectivity index (χ1n) is 4.84. The van der Waals surface area contributed by atoms with Crippen molar-refractivity contribution in [2.75, 3.05) is 0 Å². The predicted molar refractivity (Wildman–Crippen MR) is 63.4 cm³/mol. The summed E-state index contributed by atoms with van der Waals surface area (Å²) < 4.78 is 0.934. The molecule has 0 aromatic carbocycles. The Morgan fingerprint density at radius 3 is 2.87 bits per heavy atom. The first kappa shape index (κ1) is 10.6. The molecule has 0 aliphatic heterocycles. The Kier molecular flexibility index (Phi) is 2.75. The molecule has 2 aromatic heterocycles. The molecule has 0 radical (unpaired) electrons. The maximum atomic E-state index is 6.01. The Morgan fingerprint density at radius 1 is 1.47 bits per heavy atom. The number of imidazole rings is 1. The number of rotatable bonds is 2. The molecule has 2 heterocycles. The van der Waals surface area contributed by atoms with Crippen LogP contribution in [0.4, 0.5) is 0 Å². The zero-order valence-corrected chi connectivity index (χ0v) is 10.2. The highest BCUT2D eigenvalue weighted by molar-refractivity contribution is 9.10. The lowest BCUT2D eigenvalue weighted by Gasteiger charge is -2.11. The number of nitrogens with two attached hydrogens (primary N) is 1. The van der Waals surface area contributed by atoms with Gasteiger partial charge in [0.15, 0.2) is 5.65 Å². The van der Waals surface area contributed by atoms with Crippen LogP contribution in [0.5, 0.6) is 0 Å². The van der Waals surface area contributed by atoms with E-state index in [1.165, 1.54) is 0 Å². The maximum Gasteiger partial charge on any atom is 0.177 e. The van der Waals surface area contributed by atoms with Crippen molar-refractivity contribution in [2.45, 2.75) is 19.9 Å². The SMILES string of the molecule is CC(C)C(N)c1nc2ncc(Br)cc2[nH]1. The summed E-state index contributed by atoms with van der Waals surface area (Å²) in [6, 6.07) is 1.88. The van der Waals surface area contributed by atoms with E-state index in [0.29, 0.717) is 11.6 Å². The van der Waals surface area contributed by atoms with Gasteiger partial charge in [-0.2, -0.15) is 0 Å². The Labute approximate surface area is 96.4 Å². The Balaban J connectivity index is 2.47. The van der Waals surface area contributed by atoms with Crippen molar-refractivity contribution in [3.05, 3.63) is 22.6 Å². The number of hydrogen-bond acceptors (Lipinski definition) is 3. The number of aromatic nitrogens is 3. The number of nitrogens with one attached hydrogen (secondary N) is 1. The number of hydrogen-bond donors (Lipinski definition) is 2. The first-order chi connectivity index (χ1) is 7.08. The second-order valence-electron chi connectivity index (χ2n) is 3.92. The van der Waals surface area contributed by atoms with E-state index in [-0.39, 0.29) is 6.04 Å². The summed E-state index contributed by atoms with van der Waals surface area (Å²) in [5.41, 5.74) is 7.63. The van der Waals surface area contributed by atoms with Gasteiger partial charge in [-0.15, -0.1) is 0 Å². The molecule has 0 spiro atoms. The Hall–Kier alpha value is -0.940. The molecular weight excluding hydrogens is 256 g/mol. The second kappa shape index (κ2) is 3.90. The highest BCUT2D eigenvalue weighted by Crippen LogP contribution is 2.20. The van der Waals surface area contributed by atoms with Gasteiger partial charge >= 0.3 is 0 Å². The van der Waals surface area contributed by atoms with Crippen molar-refractivity contribution >= 4 is 27.1 Å². The van der Waals surface area contributed by atoms with Gasteiger partial charge in [-0.1, -0.05) is 13.8 Å². The summed E-state index contributed by atoms with van der Waals surface area (Å²) in [5, 5.41) is 0. The van der Waals surface area contributed by atoms with Gasteiger partial charge < -0.3 is 10.7 Å². The minimum absolute atomic E-state index is 0.0713. The molecule has 2 aromatic rings. The molecule has 1 atom stereocenters. The molecule has 15 heavy (non-hydrogen) atoms. The monoisotopic (exact) mass is 268 g/mol. The van der Waals surface area contributed by atoms with Gasteiger partial charge in [0, 0.05) is 10.7 Å². The van der Waals surface area contributed by atoms with Gasteiger partial charge in [0.1, 0.15) is 5.82 Å². The topological polar surface area (TPSA) is 67.6 Å². The molecule has 0 aliphatic carbocycles. The highest BCUT2D eigenvalue weighted by Gasteiger charge is 2.15. The lowest BCUT2D eigenvalue weighted by Crippen LogP contribution is -2.18. The van der Waals surface area contributed by atoms with Crippen LogP contribution in [-0.2, 0) is 0 Å². The fourth-order valence-corrected chi connectivity index (χ4v) is 1.70. The summed E-state index contributed by atoms with van der Waals surface area (Å²) in [6.45, 7) is 4.14. The quantitative estimate of drug-likeness (QED) is 0.879. The number of nitrogens with zero attached hydrogens (tertiary/aromatic N) is 2. The molecule has 80 valence electrons. The van der Waals surface area contributed by atoms with Gasteiger partial charge in [0.25, 0.3) is 0 Å². The van der Waals surface area contributed by atoms with E-state index >= 15 is 0 Å². The van der Waals surface area contributed by atoms with Crippen LogP contribution in [0.1, 0.15) is 25.7 Å². The highest BCUT2D eigenvalue weighted by atomic mass is 79.9. The molecule has 0 saturated heterocycles. The zero-order chi connectivity index (χ0) is 11.0. The summed E-state index contributed by atoms with van der Waals surface area (Å²) >= 11 is 3.37. The van der Waals surface area contributed by atoms with Crippen molar-refractivity contribution in [3.63, 3.8) is 0 Å². The Morgan fingerprint density at radius 2 is 2.20 bits per heavy atom. The zero-order valence-electron chi connectivity index (χ0n) is 8.66. The molecule has 0 fully saturated rings. The molecule has 4 nitrogen and oxygen atoms in total. The number of halogens is 1. The molecular formula is C10H13BrN4. The molecule has 1 unspecified atom stereocenters. The second-order valence-corrected chi connectivity index (χ2v) is 4.83. The van der Waals surface area contributed by atoms with Gasteiger partial charge in [-0.25, -0.2) is 9.97 Å². The van der Waals surface area contributed by atoms with Crippen LogP contribution in [0.3, 0.4) is 0 Å². The van der Waals surface area contributed by atoms with Crippen molar-refractivity contribution in [3.8, 4) is 0 Å². The van der Waals surface area contributed by atoms with Crippen LogP contribution in [0, 0.1) is 5.92 Å². The van der Waals surface area contributed by atoms with Crippen molar-refractivity contribution < 1.29 is 0 Å². The molecule has 3 N–H and O–H groups in total. The average molecular weight is 269 g/mol. The molecule has 0 saturated carbocycles. The maximum absolute atomic E-state index is 6.01. The fraction of sp³-hybridized carbons (Fsp3) is 0.400. The van der Waals surface area contributed by atoms with Crippen molar-refractivity contribution in [1.82, 2.24) is 15.0 Å². The number of aromatic amines is 1. The standard InChI is InChI=1S/C10H13BrN4/c1-5(2)8(12)10-14-7-3-6(11)4-13-9(7)15-10/h3-5,8H,12H2,1-2H3,(H,13,14,15).